The summed E-state index contributed by atoms with van der Waals surface area (Å²) in [6.45, 7) is 11.1. The highest BCUT2D eigenvalue weighted by molar-refractivity contribution is 7.99. The minimum Gasteiger partial charge on any atom is -0.311 e. The lowest BCUT2D eigenvalue weighted by atomic mass is 9.80. The molecule has 0 aliphatic heterocycles. The van der Waals surface area contributed by atoms with E-state index >= 15 is 0 Å². The number of unbranched alkanes of at least 4 members (excludes halogenated alkanes) is 2. The molecule has 0 saturated heterocycles. The predicted octanol–water partition coefficient (Wildman–Crippen LogP) is 11.9. The molecule has 0 fully saturated rings. The molecule has 0 unspecified atom stereocenters. The second kappa shape index (κ2) is 25.0. The van der Waals surface area contributed by atoms with Gasteiger partial charge >= 0.3 is 8.25 Å². The molecule has 0 aliphatic carbocycles. The van der Waals surface area contributed by atoms with Gasteiger partial charge in [0.05, 0.1) is 21.2 Å². The van der Waals surface area contributed by atoms with Gasteiger partial charge in [-0.3, -0.25) is 9.97 Å². The highest BCUT2D eigenvalue weighted by Gasteiger charge is 2.22. The van der Waals surface area contributed by atoms with Crippen molar-refractivity contribution in [2.24, 2.45) is 0 Å². The molecule has 316 valence electrons. The molecule has 2 heterocycles. The Bertz CT molecular complexity index is 1710. The van der Waals surface area contributed by atoms with Crippen LogP contribution < -0.4 is 10.6 Å². The summed E-state index contributed by atoms with van der Waals surface area (Å²) in [5.41, 5.74) is 3.33. The van der Waals surface area contributed by atoms with Gasteiger partial charge in [-0.25, -0.2) is 17.6 Å². The van der Waals surface area contributed by atoms with E-state index in [1.165, 1.54) is 59.9 Å². The highest BCUT2D eigenvalue weighted by atomic mass is 32.2. The van der Waals surface area contributed by atoms with Gasteiger partial charge in [0.1, 0.15) is 36.5 Å². The highest BCUT2D eigenvalue weighted by Crippen LogP contribution is 2.32. The van der Waals surface area contributed by atoms with E-state index < -0.39 is 8.25 Å². The van der Waals surface area contributed by atoms with E-state index in [9.17, 15) is 22.1 Å². The van der Waals surface area contributed by atoms with E-state index in [4.69, 9.17) is 9.05 Å². The van der Waals surface area contributed by atoms with E-state index in [1.807, 2.05) is 24.3 Å². The summed E-state index contributed by atoms with van der Waals surface area (Å²) >= 11 is 2.93. The van der Waals surface area contributed by atoms with Gasteiger partial charge in [-0.1, -0.05) is 64.8 Å². The van der Waals surface area contributed by atoms with Crippen molar-refractivity contribution in [3.8, 4) is 0 Å². The average molecular weight is 862 g/mol. The maximum Gasteiger partial charge on any atom is 0.697 e. The second-order valence-corrected chi connectivity index (χ2v) is 18.8. The Hall–Kier alpha value is -2.90. The van der Waals surface area contributed by atoms with Crippen LogP contribution in [-0.2, 0) is 37.5 Å². The summed E-state index contributed by atoms with van der Waals surface area (Å²) in [6, 6.07) is 16.3. The van der Waals surface area contributed by atoms with Crippen molar-refractivity contribution in [2.45, 2.75) is 113 Å². The van der Waals surface area contributed by atoms with Crippen molar-refractivity contribution in [1.29, 1.82) is 0 Å². The lowest BCUT2D eigenvalue weighted by Gasteiger charge is -2.25. The van der Waals surface area contributed by atoms with Crippen LogP contribution in [0.3, 0.4) is 0 Å². The van der Waals surface area contributed by atoms with Crippen molar-refractivity contribution in [2.75, 3.05) is 37.8 Å². The molecule has 2 aromatic carbocycles. The van der Waals surface area contributed by atoms with E-state index in [2.05, 4.69) is 48.3 Å². The van der Waals surface area contributed by atoms with Gasteiger partial charge < -0.3 is 10.6 Å². The van der Waals surface area contributed by atoms with Gasteiger partial charge in [0, 0.05) is 30.0 Å². The molecule has 0 amide bonds. The van der Waals surface area contributed by atoms with Gasteiger partial charge in [0.15, 0.2) is 0 Å². The topological polar surface area (TPSA) is 85.4 Å². The molecule has 0 atom stereocenters. The molecule has 0 saturated carbocycles. The van der Waals surface area contributed by atoms with E-state index in [0.717, 1.165) is 61.2 Å². The molecule has 2 aromatic heterocycles. The maximum atomic E-state index is 14.7. The fourth-order valence-corrected chi connectivity index (χ4v) is 8.67. The summed E-state index contributed by atoms with van der Waals surface area (Å²) in [7, 11) is -2.24. The number of nitrogens with one attached hydrogen (secondary N) is 2. The summed E-state index contributed by atoms with van der Waals surface area (Å²) in [4.78, 5) is 9.85. The first kappa shape index (κ1) is 47.8. The predicted molar refractivity (Wildman–Crippen MR) is 229 cm³/mol. The zero-order valence-corrected chi connectivity index (χ0v) is 36.7. The zero-order chi connectivity index (χ0) is 41.8. The third kappa shape index (κ3) is 17.4. The summed E-state index contributed by atoms with van der Waals surface area (Å²) in [5, 5.41) is 6.41. The van der Waals surface area contributed by atoms with Gasteiger partial charge in [0.2, 0.25) is 0 Å². The number of pyridine rings is 2. The fourth-order valence-electron chi connectivity index (χ4n) is 6.26. The molecule has 7 nitrogen and oxygen atoms in total. The molecule has 0 bridgehead atoms. The van der Waals surface area contributed by atoms with Gasteiger partial charge in [-0.15, -0.1) is 32.6 Å². The summed E-state index contributed by atoms with van der Waals surface area (Å²) in [5.74, 6) is 0.553. The van der Waals surface area contributed by atoms with Crippen LogP contribution in [0.2, 0.25) is 0 Å². The van der Waals surface area contributed by atoms with Crippen molar-refractivity contribution < 1.29 is 31.2 Å². The van der Waals surface area contributed by atoms with Crippen LogP contribution in [-0.4, -0.2) is 47.8 Å². The van der Waals surface area contributed by atoms with Crippen LogP contribution in [0.1, 0.15) is 102 Å². The average Bonchev–Trinajstić information content (AvgIpc) is 3.19. The summed E-state index contributed by atoms with van der Waals surface area (Å²) < 4.78 is 78.6. The minimum atomic E-state index is -2.24. The van der Waals surface area contributed by atoms with Crippen molar-refractivity contribution in [3.05, 3.63) is 119 Å². The Morgan fingerprint density at radius 3 is 1.38 bits per heavy atom. The molecule has 2 N–H and O–H groups in total. The minimum absolute atomic E-state index is 0.0505. The third-order valence-corrected chi connectivity index (χ3v) is 12.9. The smallest absolute Gasteiger partial charge is 0.311 e. The van der Waals surface area contributed by atoms with Gasteiger partial charge in [0.25, 0.3) is 0 Å². The zero-order valence-electron chi connectivity index (χ0n) is 34.1. The Kier molecular flexibility index (Phi) is 20.6. The van der Waals surface area contributed by atoms with E-state index in [0.29, 0.717) is 60.2 Å². The lowest BCUT2D eigenvalue weighted by Crippen LogP contribution is -2.17. The van der Waals surface area contributed by atoms with Crippen LogP contribution in [0.25, 0.3) is 0 Å². The van der Waals surface area contributed by atoms with Crippen LogP contribution in [0.4, 0.5) is 17.6 Å². The second-order valence-electron chi connectivity index (χ2n) is 15.6. The van der Waals surface area contributed by atoms with Crippen LogP contribution in [0.5, 0.6) is 0 Å². The fraction of sp³-hybridized carbons (Fsp3) is 0.500. The Morgan fingerprint density at radius 2 is 1.00 bits per heavy atom. The SMILES string of the molecule is CC(C)(CCCCSc1cnc(CNCCCO[P+](=O)OCCCNCc2cc(F)c(SCCCCC(C)(C)c3ccc(F)cc3)cn2)cc1F)c1ccc(F)cc1. The normalized spacial score (nSPS) is 12.0. The lowest BCUT2D eigenvalue weighted by molar-refractivity contribution is 0.220. The number of halogens is 4. The first-order chi connectivity index (χ1) is 27.8. The molecule has 0 spiro atoms. The molecule has 14 heteroatoms. The number of nitrogens with zero attached hydrogens (tertiary/aromatic N) is 2. The summed E-state index contributed by atoms with van der Waals surface area (Å²) in [6.07, 6.45) is 10.1. The maximum absolute atomic E-state index is 14.7. The number of benzene rings is 2. The van der Waals surface area contributed by atoms with Gasteiger partial charge in [-0.05, 0) is 121 Å². The molecule has 4 rings (SSSR count). The molecular formula is C44H58F4N4O3PS2+. The number of hydrogen-bond donors (Lipinski definition) is 2. The number of thioether (sulfide) groups is 2. The standard InChI is InChI=1S/C44H58F4N4O3PS2/c1-43(2,33-11-15-35(45)16-12-33)19-5-7-25-57-41-31-51-37(27-39(41)47)29-49-21-9-23-54-56(53)55-24-10-22-50-30-38-28-40(48)42(32-52-38)58-26-8-6-20-44(3,4)34-13-17-36(46)18-14-34/h11-18,27-28,31-32,49-50H,5-10,19-26,29-30H2,1-4H3/q+1. The first-order valence-corrected chi connectivity index (χ1v) is 23.1. The molecular weight excluding hydrogens is 804 g/mol. The Labute approximate surface area is 351 Å². The van der Waals surface area contributed by atoms with Crippen LogP contribution in [0, 0.1) is 23.3 Å². The monoisotopic (exact) mass is 861 g/mol. The number of rotatable bonds is 28. The van der Waals surface area contributed by atoms with Crippen molar-refractivity contribution in [1.82, 2.24) is 20.6 Å². The van der Waals surface area contributed by atoms with Crippen molar-refractivity contribution >= 4 is 31.8 Å². The first-order valence-electron chi connectivity index (χ1n) is 20.0. The quantitative estimate of drug-likeness (QED) is 0.0251. The number of hydrogen-bond acceptors (Lipinski definition) is 9. The molecule has 0 radical (unpaired) electrons. The molecule has 58 heavy (non-hydrogen) atoms. The largest absolute Gasteiger partial charge is 0.697 e. The Balaban J connectivity index is 0.966. The third-order valence-electron chi connectivity index (χ3n) is 9.91. The van der Waals surface area contributed by atoms with Crippen LogP contribution >= 0.6 is 31.8 Å². The van der Waals surface area contributed by atoms with Crippen LogP contribution in [0.15, 0.2) is 82.8 Å². The van der Waals surface area contributed by atoms with Gasteiger partial charge in [-0.2, -0.15) is 0 Å². The Morgan fingerprint density at radius 1 is 0.603 bits per heavy atom. The number of aromatic nitrogens is 2. The van der Waals surface area contributed by atoms with Crippen molar-refractivity contribution in [3.63, 3.8) is 0 Å². The van der Waals surface area contributed by atoms with E-state index in [-0.39, 0.29) is 47.3 Å². The van der Waals surface area contributed by atoms with E-state index in [1.54, 1.807) is 12.4 Å². The molecule has 4 aromatic rings. The molecule has 0 aliphatic rings.